The predicted molar refractivity (Wildman–Crippen MR) is 113 cm³/mol. The van der Waals surface area contributed by atoms with Crippen molar-refractivity contribution in [2.45, 2.75) is 6.61 Å². The number of carbonyl (C=O) groups is 1. The smallest absolute Gasteiger partial charge is 0.276 e. The number of thiocarbonyl (C=S) groups is 1. The van der Waals surface area contributed by atoms with Crippen LogP contribution in [0.25, 0.3) is 6.08 Å². The van der Waals surface area contributed by atoms with E-state index >= 15 is 0 Å². The summed E-state index contributed by atoms with van der Waals surface area (Å²) in [6.07, 6.45) is 1.74. The first-order chi connectivity index (χ1) is 12.8. The van der Waals surface area contributed by atoms with Gasteiger partial charge in [-0.1, -0.05) is 46.9 Å². The van der Waals surface area contributed by atoms with Crippen molar-refractivity contribution < 1.29 is 9.53 Å². The average molecular weight is 442 g/mol. The molecule has 27 heavy (non-hydrogen) atoms. The minimum Gasteiger partial charge on any atom is -0.487 e. The van der Waals surface area contributed by atoms with E-state index < -0.39 is 0 Å². The lowest BCUT2D eigenvalue weighted by Crippen LogP contribution is -2.26. The number of amides is 1. The van der Waals surface area contributed by atoms with Crippen LogP contribution in [0.15, 0.2) is 42.1 Å². The van der Waals surface area contributed by atoms with Crippen LogP contribution in [0.3, 0.4) is 0 Å². The van der Waals surface area contributed by atoms with Gasteiger partial charge in [0.2, 0.25) is 0 Å². The molecular formula is C19H15Cl3N2O2S. The number of benzene rings is 2. The number of carbonyl (C=O) groups excluding carboxylic acids is 1. The molecule has 0 aliphatic carbocycles. The van der Waals surface area contributed by atoms with Crippen LogP contribution >= 0.6 is 47.0 Å². The number of rotatable bonds is 4. The second kappa shape index (κ2) is 8.07. The van der Waals surface area contributed by atoms with Crippen LogP contribution in [0, 0.1) is 0 Å². The topological polar surface area (TPSA) is 32.8 Å². The van der Waals surface area contributed by atoms with Crippen LogP contribution < -0.4 is 4.74 Å². The number of ether oxygens (including phenoxy) is 1. The van der Waals surface area contributed by atoms with E-state index in [1.54, 1.807) is 49.3 Å². The molecule has 0 radical (unpaired) electrons. The Labute approximate surface area is 177 Å². The normalized spacial score (nSPS) is 15.8. The Morgan fingerprint density at radius 1 is 1.00 bits per heavy atom. The molecule has 0 aromatic heterocycles. The van der Waals surface area contributed by atoms with E-state index in [1.165, 1.54) is 4.90 Å². The zero-order valence-corrected chi connectivity index (χ0v) is 17.6. The summed E-state index contributed by atoms with van der Waals surface area (Å²) in [4.78, 5) is 15.3. The Morgan fingerprint density at radius 3 is 2.33 bits per heavy atom. The Hall–Kier alpha value is -1.79. The van der Waals surface area contributed by atoms with Gasteiger partial charge in [-0.2, -0.15) is 0 Å². The van der Waals surface area contributed by atoms with Crippen LogP contribution in [-0.2, 0) is 11.4 Å². The molecule has 3 rings (SSSR count). The van der Waals surface area contributed by atoms with Gasteiger partial charge < -0.3 is 9.64 Å². The van der Waals surface area contributed by atoms with E-state index in [2.05, 4.69) is 0 Å². The molecule has 2 aromatic rings. The largest absolute Gasteiger partial charge is 0.487 e. The Bertz CT molecular complexity index is 962. The SMILES string of the molecule is CN1C(=O)/C(=C/c2ccc(OCc3ccc(Cl)c(Cl)c3)c(Cl)c2)N(C)C1=S. The van der Waals surface area contributed by atoms with Crippen LogP contribution in [0.2, 0.25) is 15.1 Å². The van der Waals surface area contributed by atoms with Gasteiger partial charge in [0.25, 0.3) is 5.91 Å². The standard InChI is InChI=1S/C19H15Cl3N2O2S/c1-23-16(18(25)24(2)19(23)27)9-11-4-6-17(15(22)7-11)26-10-12-3-5-13(20)14(21)8-12/h3-9H,10H2,1-2H3/b16-9-. The Morgan fingerprint density at radius 2 is 1.74 bits per heavy atom. The van der Waals surface area contributed by atoms with Crippen LogP contribution in [-0.4, -0.2) is 34.9 Å². The highest BCUT2D eigenvalue weighted by atomic mass is 35.5. The van der Waals surface area contributed by atoms with E-state index in [4.69, 9.17) is 51.8 Å². The lowest BCUT2D eigenvalue weighted by Gasteiger charge is -2.12. The fourth-order valence-corrected chi connectivity index (χ4v) is 3.31. The predicted octanol–water partition coefficient (Wildman–Crippen LogP) is 5.26. The molecule has 8 heteroatoms. The van der Waals surface area contributed by atoms with Crippen LogP contribution in [0.1, 0.15) is 11.1 Å². The second-order valence-electron chi connectivity index (χ2n) is 5.96. The molecule has 0 spiro atoms. The molecule has 0 bridgehead atoms. The summed E-state index contributed by atoms with van der Waals surface area (Å²) in [5, 5.41) is 1.86. The van der Waals surface area contributed by atoms with Gasteiger partial charge >= 0.3 is 0 Å². The third-order valence-electron chi connectivity index (χ3n) is 4.10. The van der Waals surface area contributed by atoms with Crippen molar-refractivity contribution in [1.82, 2.24) is 9.80 Å². The molecular weight excluding hydrogens is 427 g/mol. The molecule has 0 atom stereocenters. The fourth-order valence-electron chi connectivity index (χ4n) is 2.56. The third-order valence-corrected chi connectivity index (χ3v) is 5.68. The summed E-state index contributed by atoms with van der Waals surface area (Å²) in [6, 6.07) is 10.6. The van der Waals surface area contributed by atoms with E-state index in [-0.39, 0.29) is 5.91 Å². The van der Waals surface area contributed by atoms with Gasteiger partial charge in [-0.05, 0) is 53.7 Å². The third kappa shape index (κ3) is 4.22. The average Bonchev–Trinajstić information content (AvgIpc) is 2.82. The van der Waals surface area contributed by atoms with Gasteiger partial charge in [0.1, 0.15) is 18.1 Å². The van der Waals surface area contributed by atoms with Gasteiger partial charge in [-0.25, -0.2) is 0 Å². The molecule has 4 nitrogen and oxygen atoms in total. The maximum Gasteiger partial charge on any atom is 0.276 e. The first kappa shape index (κ1) is 20.0. The molecule has 0 saturated carbocycles. The van der Waals surface area contributed by atoms with Crippen LogP contribution in [0.5, 0.6) is 5.75 Å². The maximum absolute atomic E-state index is 12.2. The highest BCUT2D eigenvalue weighted by Crippen LogP contribution is 2.29. The highest BCUT2D eigenvalue weighted by molar-refractivity contribution is 7.80. The first-order valence-electron chi connectivity index (χ1n) is 7.91. The van der Waals surface area contributed by atoms with E-state index in [0.29, 0.717) is 38.2 Å². The van der Waals surface area contributed by atoms with E-state index in [0.717, 1.165) is 11.1 Å². The number of nitrogens with zero attached hydrogens (tertiary/aromatic N) is 2. The van der Waals surface area contributed by atoms with Crippen molar-refractivity contribution in [1.29, 1.82) is 0 Å². The summed E-state index contributed by atoms with van der Waals surface area (Å²) in [6.45, 7) is 0.303. The highest BCUT2D eigenvalue weighted by Gasteiger charge is 2.32. The van der Waals surface area contributed by atoms with Crippen molar-refractivity contribution >= 4 is 64.1 Å². The maximum atomic E-state index is 12.2. The van der Waals surface area contributed by atoms with Gasteiger partial charge in [-0.3, -0.25) is 9.69 Å². The number of hydrogen-bond donors (Lipinski definition) is 0. The molecule has 0 unspecified atom stereocenters. The zero-order chi connectivity index (χ0) is 19.7. The number of likely N-dealkylation sites (N-methyl/N-ethyl adjacent to an activating group) is 2. The Balaban J connectivity index is 1.76. The molecule has 2 aromatic carbocycles. The Kier molecular flexibility index (Phi) is 5.96. The van der Waals surface area contributed by atoms with Gasteiger partial charge in [0.05, 0.1) is 15.1 Å². The van der Waals surface area contributed by atoms with Gasteiger partial charge in [0, 0.05) is 14.1 Å². The summed E-state index contributed by atoms with van der Waals surface area (Å²) >= 11 is 23.5. The number of hydrogen-bond acceptors (Lipinski definition) is 3. The summed E-state index contributed by atoms with van der Waals surface area (Å²) in [5.41, 5.74) is 2.14. The summed E-state index contributed by atoms with van der Waals surface area (Å²) < 4.78 is 5.76. The molecule has 1 fully saturated rings. The summed E-state index contributed by atoms with van der Waals surface area (Å²) in [5.74, 6) is 0.377. The van der Waals surface area contributed by atoms with Crippen molar-refractivity contribution in [2.75, 3.05) is 14.1 Å². The molecule has 140 valence electrons. The lowest BCUT2D eigenvalue weighted by molar-refractivity contribution is -0.121. The molecule has 1 saturated heterocycles. The second-order valence-corrected chi connectivity index (χ2v) is 7.55. The lowest BCUT2D eigenvalue weighted by atomic mass is 10.1. The number of halogens is 3. The fraction of sp³-hybridized carbons (Fsp3) is 0.158. The van der Waals surface area contributed by atoms with Crippen molar-refractivity contribution in [3.05, 3.63) is 68.3 Å². The first-order valence-corrected chi connectivity index (χ1v) is 9.46. The molecule has 0 N–H and O–H groups in total. The van der Waals surface area contributed by atoms with Crippen LogP contribution in [0.4, 0.5) is 0 Å². The minimum atomic E-state index is -0.154. The molecule has 1 heterocycles. The minimum absolute atomic E-state index is 0.154. The van der Waals surface area contributed by atoms with E-state index in [9.17, 15) is 4.79 Å². The zero-order valence-electron chi connectivity index (χ0n) is 14.5. The molecule has 1 aliphatic heterocycles. The molecule has 1 aliphatic rings. The van der Waals surface area contributed by atoms with Gasteiger partial charge in [0.15, 0.2) is 5.11 Å². The monoisotopic (exact) mass is 440 g/mol. The quantitative estimate of drug-likeness (QED) is 0.479. The van der Waals surface area contributed by atoms with Crippen molar-refractivity contribution in [2.24, 2.45) is 0 Å². The van der Waals surface area contributed by atoms with E-state index in [1.807, 2.05) is 12.1 Å². The van der Waals surface area contributed by atoms with Crippen molar-refractivity contribution in [3.8, 4) is 5.75 Å². The molecule has 1 amide bonds. The summed E-state index contributed by atoms with van der Waals surface area (Å²) in [7, 11) is 3.40. The van der Waals surface area contributed by atoms with Gasteiger partial charge in [-0.15, -0.1) is 0 Å². The van der Waals surface area contributed by atoms with Crippen molar-refractivity contribution in [3.63, 3.8) is 0 Å².